The lowest BCUT2D eigenvalue weighted by atomic mass is 10.1. The zero-order valence-electron chi connectivity index (χ0n) is 16.1. The summed E-state index contributed by atoms with van der Waals surface area (Å²) in [5.41, 5.74) is 1.40. The van der Waals surface area contributed by atoms with Gasteiger partial charge in [-0.05, 0) is 52.1 Å². The van der Waals surface area contributed by atoms with Crippen molar-refractivity contribution in [3.8, 4) is 0 Å². The van der Waals surface area contributed by atoms with Gasteiger partial charge in [0.1, 0.15) is 10.9 Å². The summed E-state index contributed by atoms with van der Waals surface area (Å²) in [7, 11) is 0. The lowest BCUT2D eigenvalue weighted by molar-refractivity contribution is 0.0946. The molecule has 1 amide bonds. The number of amides is 1. The second-order valence-corrected chi connectivity index (χ2v) is 7.87. The first-order chi connectivity index (χ1) is 12.0. The quantitative estimate of drug-likeness (QED) is 0.455. The van der Waals surface area contributed by atoms with Crippen molar-refractivity contribution in [2.75, 3.05) is 32.4 Å². The van der Waals surface area contributed by atoms with Gasteiger partial charge >= 0.3 is 0 Å². The first-order valence-corrected chi connectivity index (χ1v) is 10.7. The van der Waals surface area contributed by atoms with E-state index >= 15 is 0 Å². The number of thioether (sulfide) groups is 1. The smallest absolute Gasteiger partial charge is 0.255 e. The van der Waals surface area contributed by atoms with Gasteiger partial charge in [0.25, 0.3) is 5.91 Å². The van der Waals surface area contributed by atoms with Crippen LogP contribution < -0.4 is 5.32 Å². The monoisotopic (exact) mass is 364 g/mol. The molecule has 0 bridgehead atoms. The predicted octanol–water partition coefficient (Wildman–Crippen LogP) is 3.63. The van der Waals surface area contributed by atoms with Gasteiger partial charge in [-0.3, -0.25) is 4.79 Å². The molecule has 25 heavy (non-hydrogen) atoms. The average molecular weight is 365 g/mol. The van der Waals surface area contributed by atoms with Crippen LogP contribution in [0, 0.1) is 6.92 Å². The van der Waals surface area contributed by atoms with Gasteiger partial charge in [-0.1, -0.05) is 26.7 Å². The Balaban J connectivity index is 1.89. The Labute approximate surface area is 156 Å². The van der Waals surface area contributed by atoms with Gasteiger partial charge in [0, 0.05) is 12.5 Å². The van der Waals surface area contributed by atoms with Crippen molar-refractivity contribution < 1.29 is 4.79 Å². The Kier molecular flexibility index (Phi) is 8.16. The fourth-order valence-electron chi connectivity index (χ4n) is 3.19. The second kappa shape index (κ2) is 10.1. The van der Waals surface area contributed by atoms with Crippen LogP contribution in [-0.4, -0.2) is 53.2 Å². The third kappa shape index (κ3) is 5.96. The molecule has 0 atom stereocenters. The van der Waals surface area contributed by atoms with E-state index in [1.54, 1.807) is 0 Å². The minimum Gasteiger partial charge on any atom is -0.352 e. The lowest BCUT2D eigenvalue weighted by Crippen LogP contribution is -2.31. The van der Waals surface area contributed by atoms with E-state index in [0.29, 0.717) is 12.1 Å². The third-order valence-electron chi connectivity index (χ3n) is 4.65. The number of aryl methyl sites for hydroxylation is 1. The fraction of sp³-hybridized carbons (Fsp3) is 0.737. The molecular weight excluding hydrogens is 332 g/mol. The highest BCUT2D eigenvalue weighted by Crippen LogP contribution is 2.23. The molecule has 140 valence electrons. The van der Waals surface area contributed by atoms with Crippen LogP contribution in [0.25, 0.3) is 0 Å². The highest BCUT2D eigenvalue weighted by atomic mass is 32.2. The van der Waals surface area contributed by atoms with Crippen molar-refractivity contribution in [3.05, 3.63) is 17.1 Å². The van der Waals surface area contributed by atoms with E-state index < -0.39 is 0 Å². The summed E-state index contributed by atoms with van der Waals surface area (Å²) < 4.78 is 0. The SMILES string of the molecule is CSc1nc(C(C)C)nc(C)c1C(=O)NCCCN1CCCCCC1. The Morgan fingerprint density at radius 1 is 1.20 bits per heavy atom. The maximum Gasteiger partial charge on any atom is 0.255 e. The zero-order chi connectivity index (χ0) is 18.2. The molecule has 1 aliphatic rings. The molecule has 1 aromatic rings. The van der Waals surface area contributed by atoms with E-state index in [4.69, 9.17) is 0 Å². The number of nitrogens with one attached hydrogen (secondary N) is 1. The molecule has 2 heterocycles. The van der Waals surface area contributed by atoms with Crippen molar-refractivity contribution in [3.63, 3.8) is 0 Å². The molecule has 1 saturated heterocycles. The predicted molar refractivity (Wildman–Crippen MR) is 104 cm³/mol. The molecule has 0 radical (unpaired) electrons. The van der Waals surface area contributed by atoms with Crippen LogP contribution in [0.1, 0.15) is 73.7 Å². The minimum absolute atomic E-state index is 0.0481. The molecule has 0 saturated carbocycles. The molecular formula is C19H32N4OS. The van der Waals surface area contributed by atoms with E-state index in [1.165, 1.54) is 50.5 Å². The molecule has 1 aliphatic heterocycles. The average Bonchev–Trinajstić information content (AvgIpc) is 2.86. The highest BCUT2D eigenvalue weighted by molar-refractivity contribution is 7.98. The number of hydrogen-bond donors (Lipinski definition) is 1. The van der Waals surface area contributed by atoms with Crippen molar-refractivity contribution in [2.45, 2.75) is 63.8 Å². The third-order valence-corrected chi connectivity index (χ3v) is 5.33. The normalized spacial score (nSPS) is 16.0. The van der Waals surface area contributed by atoms with Gasteiger partial charge in [-0.25, -0.2) is 9.97 Å². The number of nitrogens with zero attached hydrogens (tertiary/aromatic N) is 3. The topological polar surface area (TPSA) is 58.1 Å². The maximum atomic E-state index is 12.6. The second-order valence-electron chi connectivity index (χ2n) is 7.07. The lowest BCUT2D eigenvalue weighted by Gasteiger charge is -2.19. The van der Waals surface area contributed by atoms with E-state index in [0.717, 1.165) is 29.5 Å². The number of aromatic nitrogens is 2. The van der Waals surface area contributed by atoms with E-state index in [-0.39, 0.29) is 11.8 Å². The fourth-order valence-corrected chi connectivity index (χ4v) is 3.82. The number of likely N-dealkylation sites (tertiary alicyclic amines) is 1. The van der Waals surface area contributed by atoms with Crippen LogP contribution in [0.15, 0.2) is 5.03 Å². The molecule has 6 heteroatoms. The molecule has 1 aromatic heterocycles. The standard InChI is InChI=1S/C19H32N4OS/c1-14(2)17-21-15(3)16(19(22-17)25-4)18(24)20-10-9-13-23-11-7-5-6-8-12-23/h14H,5-13H2,1-4H3,(H,20,24). The number of rotatable bonds is 7. The van der Waals surface area contributed by atoms with E-state index in [1.807, 2.05) is 13.2 Å². The molecule has 1 N–H and O–H groups in total. The molecule has 5 nitrogen and oxygen atoms in total. The summed E-state index contributed by atoms with van der Waals surface area (Å²) in [6.07, 6.45) is 8.28. The molecule has 1 fully saturated rings. The van der Waals surface area contributed by atoms with Crippen LogP contribution >= 0.6 is 11.8 Å². The van der Waals surface area contributed by atoms with Gasteiger partial charge < -0.3 is 10.2 Å². The van der Waals surface area contributed by atoms with E-state index in [9.17, 15) is 4.79 Å². The summed E-state index contributed by atoms with van der Waals surface area (Å²) in [6.45, 7) is 10.2. The van der Waals surface area contributed by atoms with Crippen molar-refractivity contribution in [1.82, 2.24) is 20.2 Å². The molecule has 0 aliphatic carbocycles. The first kappa shape index (κ1) is 20.2. The Morgan fingerprint density at radius 3 is 2.48 bits per heavy atom. The highest BCUT2D eigenvalue weighted by Gasteiger charge is 2.19. The number of carbonyl (C=O) groups excluding carboxylic acids is 1. The zero-order valence-corrected chi connectivity index (χ0v) is 16.9. The number of carbonyl (C=O) groups is 1. The largest absolute Gasteiger partial charge is 0.352 e. The summed E-state index contributed by atoms with van der Waals surface area (Å²) in [4.78, 5) is 24.2. The molecule has 0 aromatic carbocycles. The Morgan fingerprint density at radius 2 is 1.88 bits per heavy atom. The van der Waals surface area contributed by atoms with Crippen molar-refractivity contribution in [1.29, 1.82) is 0 Å². The van der Waals surface area contributed by atoms with Crippen LogP contribution in [0.5, 0.6) is 0 Å². The van der Waals surface area contributed by atoms with Gasteiger partial charge in [0.15, 0.2) is 0 Å². The summed E-state index contributed by atoms with van der Waals surface area (Å²) in [5.74, 6) is 1.02. The Bertz CT molecular complexity index is 569. The first-order valence-electron chi connectivity index (χ1n) is 9.46. The molecule has 2 rings (SSSR count). The van der Waals surface area contributed by atoms with Crippen LogP contribution in [0.4, 0.5) is 0 Å². The van der Waals surface area contributed by atoms with Gasteiger partial charge in [0.2, 0.25) is 0 Å². The van der Waals surface area contributed by atoms with Crippen molar-refractivity contribution >= 4 is 17.7 Å². The Hall–Kier alpha value is -1.14. The van der Waals surface area contributed by atoms with Gasteiger partial charge in [0.05, 0.1) is 11.3 Å². The van der Waals surface area contributed by atoms with Crippen LogP contribution in [0.3, 0.4) is 0 Å². The maximum absolute atomic E-state index is 12.6. The summed E-state index contributed by atoms with van der Waals surface area (Å²) in [6, 6.07) is 0. The van der Waals surface area contributed by atoms with Gasteiger partial charge in [-0.2, -0.15) is 0 Å². The van der Waals surface area contributed by atoms with Crippen LogP contribution in [0.2, 0.25) is 0 Å². The number of hydrogen-bond acceptors (Lipinski definition) is 5. The summed E-state index contributed by atoms with van der Waals surface area (Å²) in [5, 5.41) is 3.84. The van der Waals surface area contributed by atoms with Gasteiger partial charge in [-0.15, -0.1) is 11.8 Å². The van der Waals surface area contributed by atoms with E-state index in [2.05, 4.69) is 34.0 Å². The summed E-state index contributed by atoms with van der Waals surface area (Å²) >= 11 is 1.51. The molecule has 0 unspecified atom stereocenters. The van der Waals surface area contributed by atoms with Crippen LogP contribution in [-0.2, 0) is 0 Å². The molecule has 0 spiro atoms. The van der Waals surface area contributed by atoms with Crippen molar-refractivity contribution in [2.24, 2.45) is 0 Å². The minimum atomic E-state index is -0.0481.